The van der Waals surface area contributed by atoms with Gasteiger partial charge >= 0.3 is 5.97 Å². The van der Waals surface area contributed by atoms with E-state index in [1.165, 1.54) is 0 Å². The van der Waals surface area contributed by atoms with E-state index in [2.05, 4.69) is 6.92 Å². The Bertz CT molecular complexity index is 698. The summed E-state index contributed by atoms with van der Waals surface area (Å²) >= 11 is 0. The van der Waals surface area contributed by atoms with Gasteiger partial charge in [0.15, 0.2) is 0 Å². The second kappa shape index (κ2) is 8.44. The van der Waals surface area contributed by atoms with E-state index >= 15 is 0 Å². The molecular formula is C22H30O5. The predicted octanol–water partition coefficient (Wildman–Crippen LogP) is 3.28. The number of fused-ring (bicyclic) bond motifs is 3. The van der Waals surface area contributed by atoms with Crippen LogP contribution in [0.2, 0.25) is 0 Å². The van der Waals surface area contributed by atoms with E-state index in [1.54, 1.807) is 0 Å². The van der Waals surface area contributed by atoms with Gasteiger partial charge in [0.2, 0.25) is 0 Å². The van der Waals surface area contributed by atoms with Crippen LogP contribution < -0.4 is 4.74 Å². The topological polar surface area (TPSA) is 87.0 Å². The Kier molecular flexibility index (Phi) is 6.22. The minimum absolute atomic E-state index is 0.0639. The molecule has 0 amide bonds. The van der Waals surface area contributed by atoms with Crippen LogP contribution in [0.15, 0.2) is 30.4 Å². The molecule has 1 aliphatic carbocycles. The highest BCUT2D eigenvalue weighted by Gasteiger charge is 2.48. The van der Waals surface area contributed by atoms with E-state index in [9.17, 15) is 15.0 Å². The van der Waals surface area contributed by atoms with Crippen LogP contribution in [-0.4, -0.2) is 39.6 Å². The van der Waals surface area contributed by atoms with Crippen molar-refractivity contribution in [3.8, 4) is 5.75 Å². The molecule has 0 bridgehead atoms. The highest BCUT2D eigenvalue weighted by atomic mass is 16.5. The number of para-hydroxylation sites is 1. The van der Waals surface area contributed by atoms with E-state index in [4.69, 9.17) is 9.84 Å². The van der Waals surface area contributed by atoms with Crippen LogP contribution in [0.1, 0.15) is 56.6 Å². The van der Waals surface area contributed by atoms with Crippen LogP contribution in [0, 0.1) is 11.8 Å². The molecule has 3 rings (SSSR count). The molecule has 2 aliphatic rings. The molecule has 0 saturated heterocycles. The number of aliphatic hydroxyl groups excluding tert-OH is 2. The molecule has 27 heavy (non-hydrogen) atoms. The Hall–Kier alpha value is -1.85. The molecule has 0 spiro atoms. The summed E-state index contributed by atoms with van der Waals surface area (Å²) in [4.78, 5) is 10.8. The second-order valence-electron chi connectivity index (χ2n) is 7.91. The van der Waals surface area contributed by atoms with Gasteiger partial charge in [-0.1, -0.05) is 50.6 Å². The first kappa shape index (κ1) is 19.9. The van der Waals surface area contributed by atoms with Gasteiger partial charge in [0.25, 0.3) is 0 Å². The Labute approximate surface area is 160 Å². The van der Waals surface area contributed by atoms with Crippen LogP contribution in [0.4, 0.5) is 0 Å². The predicted molar refractivity (Wildman–Crippen MR) is 103 cm³/mol. The van der Waals surface area contributed by atoms with E-state index in [-0.39, 0.29) is 30.3 Å². The van der Waals surface area contributed by atoms with Gasteiger partial charge in [-0.05, 0) is 24.3 Å². The summed E-state index contributed by atoms with van der Waals surface area (Å²) < 4.78 is 6.19. The van der Waals surface area contributed by atoms with E-state index in [1.807, 2.05) is 37.3 Å². The third-order valence-corrected chi connectivity index (χ3v) is 6.08. The molecule has 1 saturated carbocycles. The first-order valence-electron chi connectivity index (χ1n) is 9.97. The van der Waals surface area contributed by atoms with Crippen molar-refractivity contribution in [3.05, 3.63) is 41.5 Å². The molecule has 1 fully saturated rings. The fourth-order valence-electron chi connectivity index (χ4n) is 4.27. The van der Waals surface area contributed by atoms with Gasteiger partial charge in [-0.3, -0.25) is 4.79 Å². The quantitative estimate of drug-likeness (QED) is 0.608. The first-order chi connectivity index (χ1) is 12.9. The zero-order chi connectivity index (χ0) is 19.6. The van der Waals surface area contributed by atoms with Gasteiger partial charge in [-0.15, -0.1) is 0 Å². The maximum Gasteiger partial charge on any atom is 0.303 e. The molecule has 1 aliphatic heterocycles. The third kappa shape index (κ3) is 4.19. The molecule has 1 aromatic carbocycles. The van der Waals surface area contributed by atoms with Crippen LogP contribution in [-0.2, 0) is 11.2 Å². The molecule has 0 aromatic heterocycles. The van der Waals surface area contributed by atoms with Crippen LogP contribution in [0.25, 0.3) is 0 Å². The van der Waals surface area contributed by atoms with Crippen molar-refractivity contribution >= 4 is 5.97 Å². The monoisotopic (exact) mass is 374 g/mol. The molecule has 1 heterocycles. The molecule has 148 valence electrons. The molecule has 0 radical (unpaired) electrons. The maximum absolute atomic E-state index is 10.8. The minimum atomic E-state index is -0.784. The van der Waals surface area contributed by atoms with Crippen LogP contribution >= 0.6 is 0 Å². The van der Waals surface area contributed by atoms with Gasteiger partial charge < -0.3 is 20.1 Å². The van der Waals surface area contributed by atoms with Gasteiger partial charge in [0.1, 0.15) is 11.9 Å². The standard InChI is InChI=1S/C22H30O5/c1-3-13(2)17(23)11-10-15-18(24)12-19-21(15)16-8-4-6-14(22(16)27-19)7-5-9-20(25)26/h4,6,8,10-11,13,15,17-19,21,23-24H,3,5,7,9,12H2,1-2H3,(H,25,26)/b11-10+/t13?,15-,17+,18+,19-,21-/m0/s1. The van der Waals surface area contributed by atoms with Crippen molar-refractivity contribution in [1.29, 1.82) is 0 Å². The number of aliphatic hydroxyl groups is 2. The van der Waals surface area contributed by atoms with Crippen molar-refractivity contribution < 1.29 is 24.9 Å². The largest absolute Gasteiger partial charge is 0.489 e. The zero-order valence-electron chi connectivity index (χ0n) is 16.0. The van der Waals surface area contributed by atoms with Crippen molar-refractivity contribution in [2.24, 2.45) is 11.8 Å². The number of carboxylic acids is 1. The first-order valence-corrected chi connectivity index (χ1v) is 9.97. The van der Waals surface area contributed by atoms with Crippen LogP contribution in [0.5, 0.6) is 5.75 Å². The Balaban J connectivity index is 1.78. The molecular weight excluding hydrogens is 344 g/mol. The molecule has 5 nitrogen and oxygen atoms in total. The number of rotatable bonds is 8. The molecule has 1 aromatic rings. The Morgan fingerprint density at radius 3 is 2.89 bits per heavy atom. The lowest BCUT2D eigenvalue weighted by Crippen LogP contribution is -2.19. The van der Waals surface area contributed by atoms with Gasteiger partial charge in [0, 0.05) is 30.2 Å². The average Bonchev–Trinajstić information content (AvgIpc) is 3.14. The number of hydrogen-bond donors (Lipinski definition) is 3. The number of hydrogen-bond acceptors (Lipinski definition) is 4. The number of carboxylic acid groups (broad SMARTS) is 1. The zero-order valence-corrected chi connectivity index (χ0v) is 16.0. The SMILES string of the molecule is CCC(C)[C@H](O)/C=C/[C@@H]1[C@H]2c3cccc(CCCC(=O)O)c3O[C@H]2C[C@H]1O. The normalized spacial score (nSPS) is 28.6. The Morgan fingerprint density at radius 2 is 2.19 bits per heavy atom. The fourth-order valence-corrected chi connectivity index (χ4v) is 4.27. The van der Waals surface area contributed by atoms with Gasteiger partial charge in [-0.25, -0.2) is 0 Å². The summed E-state index contributed by atoms with van der Waals surface area (Å²) in [7, 11) is 0. The number of benzene rings is 1. The second-order valence-corrected chi connectivity index (χ2v) is 7.91. The van der Waals surface area contributed by atoms with Crippen molar-refractivity contribution in [3.63, 3.8) is 0 Å². The summed E-state index contributed by atoms with van der Waals surface area (Å²) in [5.74, 6) is 0.266. The maximum atomic E-state index is 10.8. The highest BCUT2D eigenvalue weighted by Crippen LogP contribution is 2.52. The number of aryl methyl sites for hydroxylation is 1. The van der Waals surface area contributed by atoms with E-state index < -0.39 is 18.2 Å². The lowest BCUT2D eigenvalue weighted by atomic mass is 9.86. The lowest BCUT2D eigenvalue weighted by Gasteiger charge is -2.19. The Morgan fingerprint density at radius 1 is 1.41 bits per heavy atom. The number of carbonyl (C=O) groups is 1. The summed E-state index contributed by atoms with van der Waals surface area (Å²) in [6, 6.07) is 6.03. The highest BCUT2D eigenvalue weighted by molar-refractivity contribution is 5.66. The van der Waals surface area contributed by atoms with Crippen molar-refractivity contribution in [2.75, 3.05) is 0 Å². The molecule has 5 heteroatoms. The summed E-state index contributed by atoms with van der Waals surface area (Å²) in [5.41, 5.74) is 2.14. The molecule has 1 unspecified atom stereocenters. The van der Waals surface area contributed by atoms with E-state index in [0.29, 0.717) is 19.3 Å². The summed E-state index contributed by atoms with van der Waals surface area (Å²) in [5, 5.41) is 29.6. The minimum Gasteiger partial charge on any atom is -0.489 e. The summed E-state index contributed by atoms with van der Waals surface area (Å²) in [6.45, 7) is 4.06. The van der Waals surface area contributed by atoms with Gasteiger partial charge in [-0.2, -0.15) is 0 Å². The van der Waals surface area contributed by atoms with E-state index in [0.717, 1.165) is 23.3 Å². The third-order valence-electron chi connectivity index (χ3n) is 6.08. The van der Waals surface area contributed by atoms with Gasteiger partial charge in [0.05, 0.1) is 12.2 Å². The van der Waals surface area contributed by atoms with Crippen molar-refractivity contribution in [1.82, 2.24) is 0 Å². The number of aliphatic carboxylic acids is 1. The summed E-state index contributed by atoms with van der Waals surface area (Å²) in [6.07, 6.45) is 5.59. The molecule has 3 N–H and O–H groups in total. The average molecular weight is 374 g/mol. The molecule has 6 atom stereocenters. The smallest absolute Gasteiger partial charge is 0.303 e. The fraction of sp³-hybridized carbons (Fsp3) is 0.591. The van der Waals surface area contributed by atoms with Crippen molar-refractivity contribution in [2.45, 2.75) is 70.2 Å². The van der Waals surface area contributed by atoms with Crippen LogP contribution in [0.3, 0.4) is 0 Å². The lowest BCUT2D eigenvalue weighted by molar-refractivity contribution is -0.137. The number of ether oxygens (including phenoxy) is 1.